The van der Waals surface area contributed by atoms with Gasteiger partial charge in [-0.1, -0.05) is 6.07 Å². The lowest BCUT2D eigenvalue weighted by Crippen LogP contribution is -2.43. The van der Waals surface area contributed by atoms with E-state index < -0.39 is 21.2 Å². The van der Waals surface area contributed by atoms with E-state index in [1.165, 1.54) is 36.5 Å². The van der Waals surface area contributed by atoms with Gasteiger partial charge in [0.2, 0.25) is 0 Å². The van der Waals surface area contributed by atoms with Crippen molar-refractivity contribution < 1.29 is 9.96 Å². The maximum atomic E-state index is 12.4. The van der Waals surface area contributed by atoms with Gasteiger partial charge in [-0.2, -0.15) is 0 Å². The van der Waals surface area contributed by atoms with E-state index in [0.717, 1.165) is 10.6 Å². The third-order valence-electron chi connectivity index (χ3n) is 3.26. The molecule has 0 fully saturated rings. The average molecular weight is 329 g/mol. The molecule has 0 atom stereocenters. The van der Waals surface area contributed by atoms with Gasteiger partial charge >= 0.3 is 11.2 Å². The fraction of sp³-hybridized carbons (Fsp3) is 0. The Hall–Kier alpha value is -3.89. The van der Waals surface area contributed by atoms with Crippen LogP contribution in [0.4, 0.5) is 5.69 Å². The Morgan fingerprint density at radius 2 is 1.79 bits per heavy atom. The second-order valence-electron chi connectivity index (χ2n) is 4.62. The van der Waals surface area contributed by atoms with E-state index in [1.54, 1.807) is 0 Å². The SMILES string of the molecule is O=c1c2cccnc2n(-c2cccc([N+](=O)[O-])c2)c(=O)n1[N+](=O)[O-]. The normalized spacial score (nSPS) is 10.7. The molecule has 2 aromatic heterocycles. The molecule has 11 heteroatoms. The van der Waals surface area contributed by atoms with E-state index in [0.29, 0.717) is 0 Å². The first-order chi connectivity index (χ1) is 11.4. The fourth-order valence-corrected chi connectivity index (χ4v) is 2.25. The summed E-state index contributed by atoms with van der Waals surface area (Å²) < 4.78 is 0.620. The fourth-order valence-electron chi connectivity index (χ4n) is 2.25. The van der Waals surface area contributed by atoms with E-state index in [9.17, 15) is 29.8 Å². The number of rotatable bonds is 3. The molecule has 0 saturated heterocycles. The molecule has 0 amide bonds. The van der Waals surface area contributed by atoms with Gasteiger partial charge in [-0.15, -0.1) is 0 Å². The molecule has 0 aliphatic rings. The van der Waals surface area contributed by atoms with Crippen molar-refractivity contribution in [2.75, 3.05) is 0 Å². The van der Waals surface area contributed by atoms with Crippen LogP contribution in [-0.2, 0) is 0 Å². The van der Waals surface area contributed by atoms with E-state index in [2.05, 4.69) is 4.98 Å². The molecule has 0 spiro atoms. The minimum atomic E-state index is -1.28. The van der Waals surface area contributed by atoms with Gasteiger partial charge < -0.3 is 0 Å². The summed E-state index contributed by atoms with van der Waals surface area (Å²) >= 11 is 0. The molecule has 3 aromatic rings. The number of nitro groups is 2. The first-order valence-corrected chi connectivity index (χ1v) is 6.44. The van der Waals surface area contributed by atoms with Crippen LogP contribution >= 0.6 is 0 Å². The van der Waals surface area contributed by atoms with Gasteiger partial charge in [-0.05, 0) is 18.2 Å². The molecule has 0 bridgehead atoms. The Labute approximate surface area is 131 Å². The van der Waals surface area contributed by atoms with Crippen molar-refractivity contribution >= 4 is 16.7 Å². The maximum absolute atomic E-state index is 12.4. The third-order valence-corrected chi connectivity index (χ3v) is 3.26. The van der Waals surface area contributed by atoms with Crippen molar-refractivity contribution in [3.05, 3.63) is 83.7 Å². The van der Waals surface area contributed by atoms with Crippen LogP contribution in [0, 0.1) is 20.2 Å². The van der Waals surface area contributed by atoms with Gasteiger partial charge in [-0.25, -0.2) is 24.5 Å². The van der Waals surface area contributed by atoms with Crippen molar-refractivity contribution in [3.63, 3.8) is 0 Å². The largest absolute Gasteiger partial charge is 0.398 e. The summed E-state index contributed by atoms with van der Waals surface area (Å²) in [5.41, 5.74) is -2.88. The molecule has 24 heavy (non-hydrogen) atoms. The summed E-state index contributed by atoms with van der Waals surface area (Å²) in [4.78, 5) is 49.7. The van der Waals surface area contributed by atoms with Crippen LogP contribution in [0.1, 0.15) is 0 Å². The van der Waals surface area contributed by atoms with Crippen LogP contribution in [-0.4, -0.2) is 24.2 Å². The molecule has 0 aliphatic carbocycles. The van der Waals surface area contributed by atoms with Crippen LogP contribution in [0.3, 0.4) is 0 Å². The molecule has 0 radical (unpaired) electrons. The zero-order chi connectivity index (χ0) is 17.4. The molecule has 0 aliphatic heterocycles. The first kappa shape index (κ1) is 15.0. The van der Waals surface area contributed by atoms with Crippen molar-refractivity contribution in [1.29, 1.82) is 0 Å². The quantitative estimate of drug-likeness (QED) is 0.502. The van der Waals surface area contributed by atoms with Crippen molar-refractivity contribution in [2.24, 2.45) is 0 Å². The number of nitro benzene ring substituents is 1. The molecule has 0 unspecified atom stereocenters. The molecule has 120 valence electrons. The summed E-state index contributed by atoms with van der Waals surface area (Å²) in [5, 5.41) is 20.7. The highest BCUT2D eigenvalue weighted by molar-refractivity contribution is 5.75. The monoisotopic (exact) mass is 329 g/mol. The topological polar surface area (TPSA) is 143 Å². The Bertz CT molecular complexity index is 1120. The van der Waals surface area contributed by atoms with Gasteiger partial charge in [0.05, 0.1) is 16.0 Å². The van der Waals surface area contributed by atoms with E-state index >= 15 is 0 Å². The number of pyridine rings is 1. The zero-order valence-corrected chi connectivity index (χ0v) is 11.7. The van der Waals surface area contributed by atoms with Gasteiger partial charge in [0.15, 0.2) is 10.7 Å². The minimum Gasteiger partial charge on any atom is -0.262 e. The van der Waals surface area contributed by atoms with Crippen molar-refractivity contribution in [1.82, 2.24) is 14.2 Å². The number of hydrogen-bond donors (Lipinski definition) is 0. The Kier molecular flexibility index (Phi) is 3.37. The summed E-state index contributed by atoms with van der Waals surface area (Å²) in [6.45, 7) is 0. The van der Waals surface area contributed by atoms with Crippen LogP contribution < -0.4 is 11.2 Å². The summed E-state index contributed by atoms with van der Waals surface area (Å²) in [5.74, 6) is 0. The van der Waals surface area contributed by atoms with E-state index in [1.807, 2.05) is 0 Å². The maximum Gasteiger partial charge on any atom is 0.398 e. The second-order valence-corrected chi connectivity index (χ2v) is 4.62. The Morgan fingerprint density at radius 1 is 1.04 bits per heavy atom. The summed E-state index contributed by atoms with van der Waals surface area (Å²) in [7, 11) is 0. The standard InChI is InChI=1S/C13H7N5O6/c19-12-10-5-2-6-14-11(10)15(13(20)16(12)18(23)24)8-3-1-4-9(7-8)17(21)22/h1-7H. The van der Waals surface area contributed by atoms with Gasteiger partial charge in [-0.3, -0.25) is 14.9 Å². The minimum absolute atomic E-state index is 0.0199. The van der Waals surface area contributed by atoms with Gasteiger partial charge in [0.25, 0.3) is 5.69 Å². The van der Waals surface area contributed by atoms with Gasteiger partial charge in [0, 0.05) is 23.0 Å². The number of hydrogen-bond acceptors (Lipinski definition) is 7. The lowest BCUT2D eigenvalue weighted by Gasteiger charge is -2.09. The second kappa shape index (κ2) is 5.39. The third kappa shape index (κ3) is 2.20. The Morgan fingerprint density at radius 3 is 2.46 bits per heavy atom. The van der Waals surface area contributed by atoms with Gasteiger partial charge in [0.1, 0.15) is 0 Å². The molecular formula is C13H7N5O6. The highest BCUT2D eigenvalue weighted by Gasteiger charge is 2.22. The molecule has 3 rings (SSSR count). The van der Waals surface area contributed by atoms with E-state index in [-0.39, 0.29) is 27.1 Å². The highest BCUT2D eigenvalue weighted by atomic mass is 16.7. The number of non-ortho nitro benzene ring substituents is 1. The van der Waals surface area contributed by atoms with Crippen LogP contribution in [0.15, 0.2) is 52.2 Å². The number of benzene rings is 1. The van der Waals surface area contributed by atoms with E-state index in [4.69, 9.17) is 0 Å². The lowest BCUT2D eigenvalue weighted by molar-refractivity contribution is -0.548. The predicted octanol–water partition coefficient (Wildman–Crippen LogP) is 0.495. The highest BCUT2D eigenvalue weighted by Crippen LogP contribution is 2.17. The van der Waals surface area contributed by atoms with Crippen LogP contribution in [0.2, 0.25) is 0 Å². The summed E-state index contributed by atoms with van der Waals surface area (Å²) in [6.07, 6.45) is 1.30. The van der Waals surface area contributed by atoms with Crippen molar-refractivity contribution in [3.8, 4) is 5.69 Å². The number of fused-ring (bicyclic) bond motifs is 1. The molecule has 0 saturated carbocycles. The Balaban J connectivity index is 2.51. The molecule has 0 N–H and O–H groups in total. The summed E-state index contributed by atoms with van der Waals surface area (Å²) in [6, 6.07) is 7.58. The molecule has 11 nitrogen and oxygen atoms in total. The lowest BCUT2D eigenvalue weighted by atomic mass is 10.2. The molecule has 1 aromatic carbocycles. The van der Waals surface area contributed by atoms with Crippen molar-refractivity contribution in [2.45, 2.75) is 0 Å². The van der Waals surface area contributed by atoms with Crippen LogP contribution in [0.5, 0.6) is 0 Å². The molecule has 2 heterocycles. The smallest absolute Gasteiger partial charge is 0.262 e. The number of aromatic nitrogens is 3. The predicted molar refractivity (Wildman–Crippen MR) is 80.6 cm³/mol. The zero-order valence-electron chi connectivity index (χ0n) is 11.7. The van der Waals surface area contributed by atoms with Crippen LogP contribution in [0.25, 0.3) is 16.7 Å². The first-order valence-electron chi connectivity index (χ1n) is 6.44. The molecular weight excluding hydrogens is 322 g/mol. The average Bonchev–Trinajstić information content (AvgIpc) is 2.55. The number of nitrogens with zero attached hydrogens (tertiary/aromatic N) is 5.